The van der Waals surface area contributed by atoms with Crippen molar-refractivity contribution in [3.05, 3.63) is 52.0 Å². The van der Waals surface area contributed by atoms with Crippen molar-refractivity contribution in [3.8, 4) is 0 Å². The first kappa shape index (κ1) is 12.3. The van der Waals surface area contributed by atoms with Crippen LogP contribution < -0.4 is 5.32 Å². The smallest absolute Gasteiger partial charge is 0.0329 e. The third-order valence-electron chi connectivity index (χ3n) is 2.97. The van der Waals surface area contributed by atoms with Gasteiger partial charge in [-0.1, -0.05) is 0 Å². The van der Waals surface area contributed by atoms with Crippen molar-refractivity contribution in [3.63, 3.8) is 0 Å². The Morgan fingerprint density at radius 2 is 2.12 bits per heavy atom. The van der Waals surface area contributed by atoms with E-state index in [4.69, 9.17) is 0 Å². The highest BCUT2D eigenvalue weighted by atomic mass is 32.1. The summed E-state index contributed by atoms with van der Waals surface area (Å²) in [5.41, 5.74) is 2.76. The first-order valence-corrected chi connectivity index (χ1v) is 6.79. The molecule has 0 saturated carbocycles. The molecular formula is C14H18N2S. The monoisotopic (exact) mass is 246 g/mol. The van der Waals surface area contributed by atoms with E-state index < -0.39 is 0 Å². The van der Waals surface area contributed by atoms with Crippen LogP contribution in [0, 0.1) is 6.92 Å². The number of pyridine rings is 1. The lowest BCUT2D eigenvalue weighted by Gasteiger charge is -2.14. The summed E-state index contributed by atoms with van der Waals surface area (Å²) < 4.78 is 0. The first-order valence-electron chi connectivity index (χ1n) is 5.91. The zero-order valence-electron chi connectivity index (χ0n) is 10.3. The molecule has 0 radical (unpaired) electrons. The molecule has 2 rings (SSSR count). The van der Waals surface area contributed by atoms with Gasteiger partial charge in [-0.2, -0.15) is 0 Å². The summed E-state index contributed by atoms with van der Waals surface area (Å²) in [6.45, 7) is 2.16. The van der Waals surface area contributed by atoms with E-state index in [1.54, 1.807) is 0 Å². The van der Waals surface area contributed by atoms with Gasteiger partial charge in [0.25, 0.3) is 0 Å². The lowest BCUT2D eigenvalue weighted by molar-refractivity contribution is 0.550. The Hall–Kier alpha value is -1.19. The average molecular weight is 246 g/mol. The molecule has 2 heterocycles. The van der Waals surface area contributed by atoms with Crippen LogP contribution in [0.25, 0.3) is 0 Å². The molecule has 0 aliphatic heterocycles. The largest absolute Gasteiger partial charge is 0.313 e. The molecular weight excluding hydrogens is 228 g/mol. The number of thiophene rings is 1. The van der Waals surface area contributed by atoms with Gasteiger partial charge in [-0.3, -0.25) is 4.98 Å². The van der Waals surface area contributed by atoms with E-state index in [9.17, 15) is 0 Å². The summed E-state index contributed by atoms with van der Waals surface area (Å²) in [4.78, 5) is 5.42. The topological polar surface area (TPSA) is 24.9 Å². The van der Waals surface area contributed by atoms with Gasteiger partial charge in [0, 0.05) is 23.3 Å². The molecule has 90 valence electrons. The van der Waals surface area contributed by atoms with E-state index in [-0.39, 0.29) is 0 Å². The second-order valence-electron chi connectivity index (χ2n) is 4.23. The van der Waals surface area contributed by atoms with Crippen molar-refractivity contribution < 1.29 is 0 Å². The Bertz CT molecular complexity index is 450. The highest BCUT2D eigenvalue weighted by molar-refractivity contribution is 7.10. The van der Waals surface area contributed by atoms with E-state index in [1.807, 2.05) is 30.8 Å². The number of rotatable bonds is 5. The van der Waals surface area contributed by atoms with Crippen molar-refractivity contribution in [1.29, 1.82) is 0 Å². The minimum absolute atomic E-state index is 0.452. The predicted octanol–water partition coefficient (Wildman–Crippen LogP) is 3.34. The van der Waals surface area contributed by atoms with E-state index >= 15 is 0 Å². The van der Waals surface area contributed by atoms with Gasteiger partial charge in [0.15, 0.2) is 0 Å². The Kier molecular flexibility index (Phi) is 4.29. The Labute approximate surface area is 107 Å². The number of nitrogens with one attached hydrogen (secondary N) is 1. The minimum atomic E-state index is 0.452. The molecule has 2 nitrogen and oxygen atoms in total. The summed E-state index contributed by atoms with van der Waals surface area (Å²) in [6.07, 6.45) is 5.93. The normalized spacial score (nSPS) is 12.6. The Balaban J connectivity index is 1.97. The van der Waals surface area contributed by atoms with E-state index in [0.29, 0.717) is 6.04 Å². The van der Waals surface area contributed by atoms with Crippen LogP contribution in [0.15, 0.2) is 36.0 Å². The third-order valence-corrected chi connectivity index (χ3v) is 3.85. The molecule has 0 fully saturated rings. The molecule has 0 amide bonds. The van der Waals surface area contributed by atoms with Gasteiger partial charge >= 0.3 is 0 Å². The summed E-state index contributed by atoms with van der Waals surface area (Å²) in [5, 5.41) is 5.65. The van der Waals surface area contributed by atoms with E-state index in [0.717, 1.165) is 12.8 Å². The fraction of sp³-hybridized carbons (Fsp3) is 0.357. The zero-order valence-corrected chi connectivity index (χ0v) is 11.1. The highest BCUT2D eigenvalue weighted by Crippen LogP contribution is 2.23. The van der Waals surface area contributed by atoms with Crippen LogP contribution in [0.2, 0.25) is 0 Å². The molecule has 0 bridgehead atoms. The molecule has 2 aromatic heterocycles. The Morgan fingerprint density at radius 1 is 1.35 bits per heavy atom. The molecule has 3 heteroatoms. The third kappa shape index (κ3) is 3.38. The summed E-state index contributed by atoms with van der Waals surface area (Å²) >= 11 is 1.82. The molecule has 0 spiro atoms. The number of nitrogens with zero attached hydrogens (tertiary/aromatic N) is 1. The molecule has 0 saturated heterocycles. The van der Waals surface area contributed by atoms with Crippen LogP contribution in [0.4, 0.5) is 0 Å². The molecule has 0 aromatic carbocycles. The second-order valence-corrected chi connectivity index (χ2v) is 5.34. The van der Waals surface area contributed by atoms with Gasteiger partial charge in [-0.05, 0) is 61.5 Å². The van der Waals surface area contributed by atoms with Crippen molar-refractivity contribution in [2.24, 2.45) is 0 Å². The summed E-state index contributed by atoms with van der Waals surface area (Å²) in [7, 11) is 2.03. The molecule has 1 atom stereocenters. The first-order chi connectivity index (χ1) is 8.29. The van der Waals surface area contributed by atoms with Crippen LogP contribution in [0.1, 0.15) is 28.5 Å². The number of aromatic nitrogens is 1. The van der Waals surface area contributed by atoms with Gasteiger partial charge in [0.2, 0.25) is 0 Å². The molecule has 17 heavy (non-hydrogen) atoms. The fourth-order valence-electron chi connectivity index (χ4n) is 1.98. The van der Waals surface area contributed by atoms with Crippen LogP contribution in [-0.4, -0.2) is 12.0 Å². The predicted molar refractivity (Wildman–Crippen MR) is 73.4 cm³/mol. The Morgan fingerprint density at radius 3 is 2.71 bits per heavy atom. The van der Waals surface area contributed by atoms with Crippen molar-refractivity contribution in [2.45, 2.75) is 25.8 Å². The minimum Gasteiger partial charge on any atom is -0.313 e. The summed E-state index contributed by atoms with van der Waals surface area (Å²) in [5.74, 6) is 0. The van der Waals surface area contributed by atoms with Crippen LogP contribution in [0.5, 0.6) is 0 Å². The van der Waals surface area contributed by atoms with Gasteiger partial charge in [-0.25, -0.2) is 0 Å². The van der Waals surface area contributed by atoms with Crippen molar-refractivity contribution in [2.75, 3.05) is 7.05 Å². The van der Waals surface area contributed by atoms with Crippen LogP contribution in [-0.2, 0) is 6.42 Å². The standard InChI is InChI=1S/C14H18N2S/c1-11-9-13(10-17-11)14(15-2)4-3-12-5-7-16-8-6-12/h5-10,14-15H,3-4H2,1-2H3. The SMILES string of the molecule is CNC(CCc1ccncc1)c1csc(C)c1. The number of hydrogen-bond acceptors (Lipinski definition) is 3. The van der Waals surface area contributed by atoms with Crippen molar-refractivity contribution in [1.82, 2.24) is 10.3 Å². The number of hydrogen-bond donors (Lipinski definition) is 1. The maximum Gasteiger partial charge on any atom is 0.0329 e. The zero-order chi connectivity index (χ0) is 12.1. The van der Waals surface area contributed by atoms with Gasteiger partial charge < -0.3 is 5.32 Å². The lowest BCUT2D eigenvalue weighted by atomic mass is 10.0. The maximum atomic E-state index is 4.04. The molecule has 1 unspecified atom stereocenters. The highest BCUT2D eigenvalue weighted by Gasteiger charge is 2.10. The van der Waals surface area contributed by atoms with Gasteiger partial charge in [0.05, 0.1) is 0 Å². The van der Waals surface area contributed by atoms with Crippen LogP contribution >= 0.6 is 11.3 Å². The maximum absolute atomic E-state index is 4.04. The molecule has 2 aromatic rings. The van der Waals surface area contributed by atoms with Gasteiger partial charge in [0.1, 0.15) is 0 Å². The van der Waals surface area contributed by atoms with Crippen molar-refractivity contribution >= 4 is 11.3 Å². The average Bonchev–Trinajstić information content (AvgIpc) is 2.78. The second kappa shape index (κ2) is 5.94. The summed E-state index contributed by atoms with van der Waals surface area (Å²) in [6, 6.07) is 6.91. The molecule has 0 aliphatic carbocycles. The van der Waals surface area contributed by atoms with Gasteiger partial charge in [-0.15, -0.1) is 11.3 Å². The lowest BCUT2D eigenvalue weighted by Crippen LogP contribution is -2.16. The fourth-order valence-corrected chi connectivity index (χ4v) is 2.74. The van der Waals surface area contributed by atoms with E-state index in [1.165, 1.54) is 16.0 Å². The van der Waals surface area contributed by atoms with Crippen LogP contribution in [0.3, 0.4) is 0 Å². The molecule has 1 N–H and O–H groups in total. The number of aryl methyl sites for hydroxylation is 2. The quantitative estimate of drug-likeness (QED) is 0.875. The molecule has 0 aliphatic rings. The van der Waals surface area contributed by atoms with E-state index in [2.05, 4.69) is 40.8 Å².